The summed E-state index contributed by atoms with van der Waals surface area (Å²) in [7, 11) is 0. The summed E-state index contributed by atoms with van der Waals surface area (Å²) >= 11 is 0. The lowest BCUT2D eigenvalue weighted by Gasteiger charge is -1.91. The van der Waals surface area contributed by atoms with Crippen molar-refractivity contribution >= 4 is 6.08 Å². The zero-order valence-corrected chi connectivity index (χ0v) is 6.46. The van der Waals surface area contributed by atoms with Gasteiger partial charge in [-0.25, -0.2) is 4.98 Å². The first-order valence-electron chi connectivity index (χ1n) is 3.38. The predicted molar refractivity (Wildman–Crippen MR) is 46.9 cm³/mol. The Morgan fingerprint density at radius 1 is 1.64 bits per heavy atom. The molecule has 54 valence electrons. The predicted octanol–water partition coefficient (Wildman–Crippen LogP) is 2.10. The molecular weight excluding hydrogens is 134 g/mol. The Morgan fingerprint density at radius 3 is 3.09 bits per heavy atom. The molecule has 0 N–H and O–H groups in total. The highest BCUT2D eigenvalue weighted by atomic mass is 14.6. The van der Waals surface area contributed by atoms with Crippen LogP contribution in [0.2, 0.25) is 0 Å². The third kappa shape index (κ3) is 1.94. The van der Waals surface area contributed by atoms with E-state index in [-0.39, 0.29) is 0 Å². The van der Waals surface area contributed by atoms with Crippen LogP contribution < -0.4 is 0 Å². The summed E-state index contributed by atoms with van der Waals surface area (Å²) in [6.45, 7) is 5.45. The van der Waals surface area contributed by atoms with Crippen molar-refractivity contribution in [2.45, 2.75) is 6.92 Å². The second kappa shape index (κ2) is 3.58. The summed E-state index contributed by atoms with van der Waals surface area (Å²) in [6.07, 6.45) is 3.51. The van der Waals surface area contributed by atoms with Crippen molar-refractivity contribution in [1.82, 2.24) is 4.98 Å². The fraction of sp³-hybridized carbons (Fsp3) is 0.100. The second-order valence-electron chi connectivity index (χ2n) is 2.05. The van der Waals surface area contributed by atoms with Gasteiger partial charge in [0.05, 0.1) is 0 Å². The van der Waals surface area contributed by atoms with E-state index in [9.17, 15) is 0 Å². The molecule has 1 rings (SSSR count). The summed E-state index contributed by atoms with van der Waals surface area (Å²) in [5.74, 6) is 5.66. The summed E-state index contributed by atoms with van der Waals surface area (Å²) in [5.41, 5.74) is 1.85. The quantitative estimate of drug-likeness (QED) is 0.548. The van der Waals surface area contributed by atoms with Gasteiger partial charge in [0, 0.05) is 6.20 Å². The van der Waals surface area contributed by atoms with Crippen LogP contribution in [0.25, 0.3) is 6.08 Å². The van der Waals surface area contributed by atoms with Crippen molar-refractivity contribution in [1.29, 1.82) is 0 Å². The Morgan fingerprint density at radius 2 is 2.45 bits per heavy atom. The van der Waals surface area contributed by atoms with Gasteiger partial charge < -0.3 is 0 Å². The first-order valence-corrected chi connectivity index (χ1v) is 3.38. The molecule has 0 bridgehead atoms. The molecule has 1 aromatic heterocycles. The SMILES string of the molecule is C=Cc1ccnc(C#CC)c1. The van der Waals surface area contributed by atoms with E-state index in [1.165, 1.54) is 0 Å². The van der Waals surface area contributed by atoms with Crippen molar-refractivity contribution in [2.24, 2.45) is 0 Å². The van der Waals surface area contributed by atoms with Crippen molar-refractivity contribution in [3.05, 3.63) is 36.2 Å². The fourth-order valence-electron chi connectivity index (χ4n) is 0.770. The molecule has 1 heterocycles. The Hall–Kier alpha value is -1.55. The minimum Gasteiger partial charge on any atom is -0.248 e. The number of rotatable bonds is 1. The van der Waals surface area contributed by atoms with Crippen LogP contribution in [-0.2, 0) is 0 Å². The molecule has 0 spiro atoms. The third-order valence-corrected chi connectivity index (χ3v) is 1.27. The van der Waals surface area contributed by atoms with Crippen molar-refractivity contribution in [3.8, 4) is 11.8 Å². The Kier molecular flexibility index (Phi) is 2.46. The fourth-order valence-corrected chi connectivity index (χ4v) is 0.770. The molecule has 0 radical (unpaired) electrons. The van der Waals surface area contributed by atoms with E-state index in [1.807, 2.05) is 12.1 Å². The smallest absolute Gasteiger partial charge is 0.113 e. The highest BCUT2D eigenvalue weighted by Gasteiger charge is 1.87. The number of pyridine rings is 1. The molecule has 0 saturated carbocycles. The van der Waals surface area contributed by atoms with E-state index >= 15 is 0 Å². The van der Waals surface area contributed by atoms with Crippen LogP contribution in [0.5, 0.6) is 0 Å². The second-order valence-corrected chi connectivity index (χ2v) is 2.05. The summed E-state index contributed by atoms with van der Waals surface area (Å²) in [5, 5.41) is 0. The van der Waals surface area contributed by atoms with Gasteiger partial charge in [-0.05, 0) is 30.5 Å². The van der Waals surface area contributed by atoms with Crippen LogP contribution in [0.15, 0.2) is 24.9 Å². The molecule has 0 unspecified atom stereocenters. The number of hydrogen-bond donors (Lipinski definition) is 0. The molecule has 11 heavy (non-hydrogen) atoms. The zero-order valence-electron chi connectivity index (χ0n) is 6.46. The maximum Gasteiger partial charge on any atom is 0.113 e. The molecule has 1 aromatic rings. The maximum atomic E-state index is 4.06. The topological polar surface area (TPSA) is 12.9 Å². The Labute approximate surface area is 66.8 Å². The highest BCUT2D eigenvalue weighted by Crippen LogP contribution is 2.01. The molecule has 0 aromatic carbocycles. The van der Waals surface area contributed by atoms with E-state index in [4.69, 9.17) is 0 Å². The van der Waals surface area contributed by atoms with Gasteiger partial charge in [-0.1, -0.05) is 18.6 Å². The minimum atomic E-state index is 0.796. The largest absolute Gasteiger partial charge is 0.248 e. The van der Waals surface area contributed by atoms with Crippen molar-refractivity contribution < 1.29 is 0 Å². The minimum absolute atomic E-state index is 0.796. The highest BCUT2D eigenvalue weighted by molar-refractivity contribution is 5.48. The first-order chi connectivity index (χ1) is 5.36. The molecule has 1 heteroatoms. The van der Waals surface area contributed by atoms with Crippen molar-refractivity contribution in [2.75, 3.05) is 0 Å². The van der Waals surface area contributed by atoms with Gasteiger partial charge in [0.1, 0.15) is 5.69 Å². The van der Waals surface area contributed by atoms with Crippen LogP contribution >= 0.6 is 0 Å². The lowest BCUT2D eigenvalue weighted by molar-refractivity contribution is 1.28. The van der Waals surface area contributed by atoms with Gasteiger partial charge in [0.25, 0.3) is 0 Å². The van der Waals surface area contributed by atoms with E-state index in [0.29, 0.717) is 0 Å². The number of nitrogens with zero attached hydrogens (tertiary/aromatic N) is 1. The summed E-state index contributed by atoms with van der Waals surface area (Å²) < 4.78 is 0. The first kappa shape index (κ1) is 7.56. The monoisotopic (exact) mass is 143 g/mol. The molecule has 0 fully saturated rings. The van der Waals surface area contributed by atoms with Gasteiger partial charge in [0.15, 0.2) is 0 Å². The molecule has 1 nitrogen and oxygen atoms in total. The van der Waals surface area contributed by atoms with Gasteiger partial charge in [-0.3, -0.25) is 0 Å². The van der Waals surface area contributed by atoms with Gasteiger partial charge in [-0.2, -0.15) is 0 Å². The molecule has 0 atom stereocenters. The molecule has 0 amide bonds. The summed E-state index contributed by atoms with van der Waals surface area (Å²) in [4.78, 5) is 4.06. The van der Waals surface area contributed by atoms with E-state index in [2.05, 4.69) is 23.4 Å². The standard InChI is InChI=1S/C10H9N/c1-3-5-10-8-9(4-2)6-7-11-10/h4,6-8H,2H2,1H3. The van der Waals surface area contributed by atoms with Crippen LogP contribution in [-0.4, -0.2) is 4.98 Å². The normalized spacial score (nSPS) is 8.09. The van der Waals surface area contributed by atoms with E-state index < -0.39 is 0 Å². The van der Waals surface area contributed by atoms with Crippen molar-refractivity contribution in [3.63, 3.8) is 0 Å². The maximum absolute atomic E-state index is 4.06. The molecule has 0 aliphatic carbocycles. The summed E-state index contributed by atoms with van der Waals surface area (Å²) in [6, 6.07) is 3.80. The van der Waals surface area contributed by atoms with E-state index in [0.717, 1.165) is 11.3 Å². The number of aromatic nitrogens is 1. The molecule has 0 aliphatic rings. The van der Waals surface area contributed by atoms with Crippen LogP contribution in [0.3, 0.4) is 0 Å². The molecule has 0 saturated heterocycles. The number of hydrogen-bond acceptors (Lipinski definition) is 1. The lowest BCUT2D eigenvalue weighted by Crippen LogP contribution is -1.81. The van der Waals surface area contributed by atoms with Crippen LogP contribution in [0.4, 0.5) is 0 Å². The average molecular weight is 143 g/mol. The third-order valence-electron chi connectivity index (χ3n) is 1.27. The Balaban J connectivity index is 3.06. The van der Waals surface area contributed by atoms with Gasteiger partial charge in [0.2, 0.25) is 0 Å². The average Bonchev–Trinajstić information content (AvgIpc) is 2.06. The zero-order chi connectivity index (χ0) is 8.10. The van der Waals surface area contributed by atoms with Gasteiger partial charge >= 0.3 is 0 Å². The van der Waals surface area contributed by atoms with Gasteiger partial charge in [-0.15, -0.1) is 0 Å². The lowest BCUT2D eigenvalue weighted by atomic mass is 10.2. The van der Waals surface area contributed by atoms with Crippen LogP contribution in [0.1, 0.15) is 18.2 Å². The van der Waals surface area contributed by atoms with Crippen LogP contribution in [0, 0.1) is 11.8 Å². The van der Waals surface area contributed by atoms with E-state index in [1.54, 1.807) is 19.2 Å². The molecule has 0 aliphatic heterocycles. The molecular formula is C10H9N. The Bertz CT molecular complexity index is 315.